The normalized spacial score (nSPS) is 11.6. The van der Waals surface area contributed by atoms with Gasteiger partial charge >= 0.3 is 0 Å². The van der Waals surface area contributed by atoms with E-state index in [1.54, 1.807) is 17.5 Å². The van der Waals surface area contributed by atoms with Crippen molar-refractivity contribution in [3.63, 3.8) is 0 Å². The molecule has 0 radical (unpaired) electrons. The number of hydrogen-bond acceptors (Lipinski definition) is 4. The van der Waals surface area contributed by atoms with E-state index >= 15 is 0 Å². The van der Waals surface area contributed by atoms with Crippen LogP contribution in [0, 0.1) is 0 Å². The molecule has 0 amide bonds. The number of nitrogens with one attached hydrogen (secondary N) is 2. The van der Waals surface area contributed by atoms with Crippen molar-refractivity contribution >= 4 is 17.3 Å². The number of aliphatic imine (C=N–C) groups is 1. The largest absolute Gasteiger partial charge is 0.357 e. The van der Waals surface area contributed by atoms with Crippen molar-refractivity contribution in [1.29, 1.82) is 0 Å². The summed E-state index contributed by atoms with van der Waals surface area (Å²) in [6, 6.07) is 10.3. The van der Waals surface area contributed by atoms with Crippen LogP contribution < -0.4 is 10.6 Å². The Labute approximate surface area is 170 Å². The van der Waals surface area contributed by atoms with Crippen LogP contribution in [0.1, 0.15) is 35.7 Å². The molecule has 0 saturated heterocycles. The molecule has 0 saturated carbocycles. The molecule has 0 aliphatic carbocycles. The first kappa shape index (κ1) is 20.1. The van der Waals surface area contributed by atoms with Gasteiger partial charge in [0.15, 0.2) is 5.96 Å². The number of aromatic nitrogens is 3. The third-order valence-corrected chi connectivity index (χ3v) is 5.38. The van der Waals surface area contributed by atoms with Crippen molar-refractivity contribution in [2.75, 3.05) is 13.1 Å². The number of thiazole rings is 1. The van der Waals surface area contributed by atoms with Crippen molar-refractivity contribution in [3.05, 3.63) is 69.9 Å². The van der Waals surface area contributed by atoms with Crippen LogP contribution in [0.2, 0.25) is 0 Å². The van der Waals surface area contributed by atoms with Gasteiger partial charge in [0.1, 0.15) is 0 Å². The van der Waals surface area contributed by atoms with Crippen LogP contribution >= 0.6 is 11.3 Å². The maximum atomic E-state index is 4.77. The molecule has 28 heavy (non-hydrogen) atoms. The molecule has 0 spiro atoms. The maximum Gasteiger partial charge on any atom is 0.191 e. The summed E-state index contributed by atoms with van der Waals surface area (Å²) in [5.74, 6) is 0.835. The fourth-order valence-corrected chi connectivity index (χ4v) is 3.65. The molecule has 2 heterocycles. The van der Waals surface area contributed by atoms with Crippen molar-refractivity contribution in [1.82, 2.24) is 25.4 Å². The lowest BCUT2D eigenvalue weighted by Crippen LogP contribution is -2.38. The average Bonchev–Trinajstić information content (AvgIpc) is 3.39. The third kappa shape index (κ3) is 5.92. The van der Waals surface area contributed by atoms with Crippen LogP contribution in [-0.2, 0) is 25.9 Å². The number of aryl methyl sites for hydroxylation is 1. The molecule has 2 aromatic heterocycles. The maximum absolute atomic E-state index is 4.77. The van der Waals surface area contributed by atoms with Crippen LogP contribution in [0.3, 0.4) is 0 Å². The van der Waals surface area contributed by atoms with Crippen LogP contribution in [0.5, 0.6) is 0 Å². The first-order chi connectivity index (χ1) is 13.8. The number of rotatable bonds is 9. The Bertz CT molecular complexity index is 869. The summed E-state index contributed by atoms with van der Waals surface area (Å²) in [6.07, 6.45) is 5.69. The molecular weight excluding hydrogens is 368 g/mol. The fourth-order valence-electron chi connectivity index (χ4n) is 2.88. The Balaban J connectivity index is 1.59. The van der Waals surface area contributed by atoms with E-state index in [0.717, 1.165) is 44.1 Å². The second-order valence-corrected chi connectivity index (χ2v) is 7.37. The van der Waals surface area contributed by atoms with E-state index in [9.17, 15) is 0 Å². The molecule has 0 fully saturated rings. The van der Waals surface area contributed by atoms with Gasteiger partial charge in [0.25, 0.3) is 0 Å². The van der Waals surface area contributed by atoms with E-state index in [1.165, 1.54) is 16.1 Å². The van der Waals surface area contributed by atoms with Gasteiger partial charge in [-0.25, -0.2) is 9.98 Å². The van der Waals surface area contributed by atoms with Gasteiger partial charge in [0.2, 0.25) is 0 Å². The van der Waals surface area contributed by atoms with Crippen molar-refractivity contribution in [2.24, 2.45) is 4.99 Å². The fraction of sp³-hybridized carbons (Fsp3) is 0.381. The summed E-state index contributed by atoms with van der Waals surface area (Å²) >= 11 is 1.74. The summed E-state index contributed by atoms with van der Waals surface area (Å²) < 4.78 is 1.93. The number of hydrogen-bond donors (Lipinski definition) is 2. The highest BCUT2D eigenvalue weighted by Crippen LogP contribution is 2.12. The Hall–Kier alpha value is -2.67. The lowest BCUT2D eigenvalue weighted by Gasteiger charge is -2.12. The molecule has 0 aliphatic heterocycles. The molecule has 0 aliphatic rings. The quantitative estimate of drug-likeness (QED) is 0.430. The Morgan fingerprint density at radius 3 is 2.71 bits per heavy atom. The van der Waals surface area contributed by atoms with Crippen LogP contribution in [0.15, 0.2) is 53.1 Å². The predicted molar refractivity (Wildman–Crippen MR) is 116 cm³/mol. The molecule has 7 heteroatoms. The van der Waals surface area contributed by atoms with E-state index in [4.69, 9.17) is 4.99 Å². The highest BCUT2D eigenvalue weighted by molar-refractivity contribution is 7.09. The van der Waals surface area contributed by atoms with Gasteiger partial charge in [-0.05, 0) is 30.5 Å². The molecular formula is C21H28N6S. The van der Waals surface area contributed by atoms with E-state index in [0.29, 0.717) is 6.54 Å². The molecule has 0 bridgehead atoms. The molecule has 2 N–H and O–H groups in total. The first-order valence-electron chi connectivity index (χ1n) is 9.78. The summed E-state index contributed by atoms with van der Waals surface area (Å²) in [4.78, 5) is 9.40. The zero-order chi connectivity index (χ0) is 19.6. The smallest absolute Gasteiger partial charge is 0.191 e. The van der Waals surface area contributed by atoms with E-state index < -0.39 is 0 Å². The molecule has 3 aromatic rings. The lowest BCUT2D eigenvalue weighted by atomic mass is 10.1. The van der Waals surface area contributed by atoms with Crippen LogP contribution in [0.25, 0.3) is 0 Å². The van der Waals surface area contributed by atoms with Gasteiger partial charge < -0.3 is 10.6 Å². The number of guanidine groups is 1. The molecule has 3 rings (SSSR count). The van der Waals surface area contributed by atoms with E-state index in [1.807, 2.05) is 16.9 Å². The third-order valence-electron chi connectivity index (χ3n) is 4.34. The van der Waals surface area contributed by atoms with Crippen molar-refractivity contribution in [3.8, 4) is 0 Å². The van der Waals surface area contributed by atoms with Crippen molar-refractivity contribution in [2.45, 2.75) is 39.8 Å². The Morgan fingerprint density at radius 2 is 2.00 bits per heavy atom. The van der Waals surface area contributed by atoms with Gasteiger partial charge in [-0.2, -0.15) is 5.10 Å². The van der Waals surface area contributed by atoms with E-state index in [2.05, 4.69) is 64.2 Å². The summed E-state index contributed by atoms with van der Waals surface area (Å²) in [7, 11) is 0. The summed E-state index contributed by atoms with van der Waals surface area (Å²) in [6.45, 7) is 7.25. The molecule has 6 nitrogen and oxygen atoms in total. The lowest BCUT2D eigenvalue weighted by molar-refractivity contribution is 0.680. The van der Waals surface area contributed by atoms with E-state index in [-0.39, 0.29) is 0 Å². The van der Waals surface area contributed by atoms with Gasteiger partial charge in [0.05, 0.1) is 23.8 Å². The second-order valence-electron chi connectivity index (χ2n) is 6.43. The van der Waals surface area contributed by atoms with Gasteiger partial charge in [-0.1, -0.05) is 31.2 Å². The summed E-state index contributed by atoms with van der Waals surface area (Å²) in [5.41, 5.74) is 3.59. The summed E-state index contributed by atoms with van der Waals surface area (Å²) in [5, 5.41) is 14.4. The average molecular weight is 397 g/mol. The predicted octanol–water partition coefficient (Wildman–Crippen LogP) is 3.25. The number of nitrogens with zero attached hydrogens (tertiary/aromatic N) is 4. The van der Waals surface area contributed by atoms with Gasteiger partial charge in [0, 0.05) is 37.3 Å². The zero-order valence-corrected chi connectivity index (χ0v) is 17.4. The van der Waals surface area contributed by atoms with Crippen LogP contribution in [-0.4, -0.2) is 33.8 Å². The highest BCUT2D eigenvalue weighted by Gasteiger charge is 2.05. The second kappa shape index (κ2) is 10.6. The SMILES string of the molecule is CCNC(=NCc1ccccc1Cn1cccn1)NCCc1csc(CC)n1. The van der Waals surface area contributed by atoms with Gasteiger partial charge in [-0.3, -0.25) is 4.68 Å². The first-order valence-corrected chi connectivity index (χ1v) is 10.7. The Morgan fingerprint density at radius 1 is 1.14 bits per heavy atom. The minimum atomic E-state index is 0.628. The topological polar surface area (TPSA) is 67.1 Å². The monoisotopic (exact) mass is 396 g/mol. The van der Waals surface area contributed by atoms with Gasteiger partial charge in [-0.15, -0.1) is 11.3 Å². The molecule has 0 unspecified atom stereocenters. The minimum absolute atomic E-state index is 0.628. The molecule has 148 valence electrons. The number of benzene rings is 1. The van der Waals surface area contributed by atoms with Crippen LogP contribution in [0.4, 0.5) is 0 Å². The zero-order valence-electron chi connectivity index (χ0n) is 16.6. The molecule has 0 atom stereocenters. The minimum Gasteiger partial charge on any atom is -0.357 e. The van der Waals surface area contributed by atoms with Crippen molar-refractivity contribution < 1.29 is 0 Å². The standard InChI is InChI=1S/C21H28N6S/c1-3-20-26-19(16-28-20)10-12-23-21(22-4-2)24-14-17-8-5-6-9-18(17)15-27-13-7-11-25-27/h5-9,11,13,16H,3-4,10,12,14-15H2,1-2H3,(H2,22,23,24). The molecule has 1 aromatic carbocycles. The Kier molecular flexibility index (Phi) is 7.61. The highest BCUT2D eigenvalue weighted by atomic mass is 32.1.